The number of hydrogen-bond acceptors (Lipinski definition) is 6. The topological polar surface area (TPSA) is 85.7 Å². The van der Waals surface area contributed by atoms with Crippen molar-refractivity contribution in [1.82, 2.24) is 19.8 Å². The van der Waals surface area contributed by atoms with Gasteiger partial charge in [-0.25, -0.2) is 4.79 Å². The van der Waals surface area contributed by atoms with Crippen molar-refractivity contribution >= 4 is 29.3 Å². The summed E-state index contributed by atoms with van der Waals surface area (Å²) in [5.41, 5.74) is 5.40. The van der Waals surface area contributed by atoms with E-state index in [1.54, 1.807) is 12.3 Å². The third kappa shape index (κ3) is 4.97. The van der Waals surface area contributed by atoms with Gasteiger partial charge in [-0.2, -0.15) is 0 Å². The van der Waals surface area contributed by atoms with Gasteiger partial charge in [-0.05, 0) is 74.4 Å². The summed E-state index contributed by atoms with van der Waals surface area (Å²) in [4.78, 5) is 30.6. The number of carbonyl (C=O) groups excluding carboxylic acids is 2. The normalized spacial score (nSPS) is 17.1. The number of nitrogens with zero attached hydrogens (tertiary/aromatic N) is 3. The first-order valence-electron chi connectivity index (χ1n) is 11.8. The minimum atomic E-state index is -0.378. The average Bonchev–Trinajstić information content (AvgIpc) is 3.38. The molecule has 1 aliphatic heterocycles. The molecule has 0 spiro atoms. The van der Waals surface area contributed by atoms with Crippen molar-refractivity contribution in [2.45, 2.75) is 38.8 Å². The number of nitrogens with one attached hydrogen (secondary N) is 1. The van der Waals surface area contributed by atoms with Crippen LogP contribution in [0.15, 0.2) is 54.7 Å². The van der Waals surface area contributed by atoms with Gasteiger partial charge in [0.05, 0.1) is 37.6 Å². The third-order valence-electron chi connectivity index (χ3n) is 6.52. The molecule has 9 heteroatoms. The number of hydrogen-bond donors (Lipinski definition) is 1. The molecule has 2 atom stereocenters. The lowest BCUT2D eigenvalue weighted by atomic mass is 9.96. The molecule has 0 radical (unpaired) electrons. The molecule has 1 aliphatic rings. The molecule has 0 amide bonds. The second kappa shape index (κ2) is 10.9. The number of benzene rings is 1. The molecular formula is C27H30N4O4S. The van der Waals surface area contributed by atoms with Crippen LogP contribution in [0.2, 0.25) is 0 Å². The number of aryl methyl sites for hydroxylation is 1. The van der Waals surface area contributed by atoms with E-state index < -0.39 is 0 Å². The van der Waals surface area contributed by atoms with Gasteiger partial charge in [0.2, 0.25) is 0 Å². The molecule has 8 nitrogen and oxygen atoms in total. The number of carbonyl (C=O) groups is 2. The Morgan fingerprint density at radius 3 is 2.58 bits per heavy atom. The number of rotatable bonds is 8. The summed E-state index contributed by atoms with van der Waals surface area (Å²) >= 11 is 5.75. The highest BCUT2D eigenvalue weighted by Gasteiger charge is 2.41. The Balaban J connectivity index is 1.76. The minimum Gasteiger partial charge on any atom is -0.469 e. The molecule has 3 aromatic rings. The Morgan fingerprint density at radius 1 is 1.08 bits per heavy atom. The summed E-state index contributed by atoms with van der Waals surface area (Å²) in [5.74, 6) is -0.619. The van der Waals surface area contributed by atoms with Gasteiger partial charge in [0, 0.05) is 36.2 Å². The van der Waals surface area contributed by atoms with Crippen LogP contribution >= 0.6 is 12.2 Å². The van der Waals surface area contributed by atoms with E-state index in [-0.39, 0.29) is 24.0 Å². The number of ether oxygens (including phenoxy) is 2. The van der Waals surface area contributed by atoms with Gasteiger partial charge in [-0.15, -0.1) is 0 Å². The van der Waals surface area contributed by atoms with E-state index in [0.29, 0.717) is 30.1 Å². The van der Waals surface area contributed by atoms with Crippen LogP contribution in [0.25, 0.3) is 5.69 Å². The fraction of sp³-hybridized carbons (Fsp3) is 0.333. The maximum atomic E-state index is 12.1. The van der Waals surface area contributed by atoms with Crippen molar-refractivity contribution in [2.24, 2.45) is 0 Å². The Labute approximate surface area is 216 Å². The highest BCUT2D eigenvalue weighted by molar-refractivity contribution is 7.80. The first-order valence-corrected chi connectivity index (χ1v) is 12.2. The lowest BCUT2D eigenvalue weighted by Crippen LogP contribution is -2.31. The fourth-order valence-corrected chi connectivity index (χ4v) is 5.19. The standard InChI is InChI=1S/C27H30N4O4S/c1-17-15-21(18(2)31(17)20-10-7-9-19(16-20)26(33)35-4)25-24(22-11-5-6-13-28-22)29-27(36)30(25)14-8-12-23(32)34-3/h5-7,9-11,13,15-16,24-25H,8,12,14H2,1-4H3,(H,29,36). The van der Waals surface area contributed by atoms with E-state index in [1.165, 1.54) is 14.2 Å². The zero-order valence-corrected chi connectivity index (χ0v) is 21.7. The molecular weight excluding hydrogens is 476 g/mol. The molecule has 0 bridgehead atoms. The quantitative estimate of drug-likeness (QED) is 0.359. The summed E-state index contributed by atoms with van der Waals surface area (Å²) in [5, 5.41) is 4.08. The summed E-state index contributed by atoms with van der Waals surface area (Å²) in [7, 11) is 2.77. The molecule has 2 unspecified atom stereocenters. The van der Waals surface area contributed by atoms with E-state index in [1.807, 2.05) is 43.3 Å². The summed E-state index contributed by atoms with van der Waals surface area (Å²) < 4.78 is 11.9. The molecule has 3 heterocycles. The smallest absolute Gasteiger partial charge is 0.337 e. The zero-order valence-electron chi connectivity index (χ0n) is 20.9. The predicted octanol–water partition coefficient (Wildman–Crippen LogP) is 4.20. The maximum absolute atomic E-state index is 12.1. The van der Waals surface area contributed by atoms with Crippen LogP contribution in [0.5, 0.6) is 0 Å². The van der Waals surface area contributed by atoms with E-state index in [2.05, 4.69) is 32.8 Å². The Bertz CT molecular complexity index is 1270. The molecule has 1 fully saturated rings. The minimum absolute atomic E-state index is 0.131. The molecule has 1 aromatic carbocycles. The summed E-state index contributed by atoms with van der Waals surface area (Å²) in [6.07, 6.45) is 2.70. The van der Waals surface area contributed by atoms with Crippen LogP contribution in [0.4, 0.5) is 0 Å². The SMILES string of the molecule is COC(=O)CCCN1C(=S)NC(c2ccccn2)C1c1cc(C)n(-c2cccc(C(=O)OC)c2)c1C. The second-order valence-corrected chi connectivity index (χ2v) is 9.09. The van der Waals surface area contributed by atoms with Crippen LogP contribution in [0, 0.1) is 13.8 Å². The van der Waals surface area contributed by atoms with Gasteiger partial charge in [0.1, 0.15) is 0 Å². The Hall–Kier alpha value is -3.72. The van der Waals surface area contributed by atoms with Gasteiger partial charge in [0.25, 0.3) is 0 Å². The van der Waals surface area contributed by atoms with Gasteiger partial charge >= 0.3 is 11.9 Å². The van der Waals surface area contributed by atoms with Crippen molar-refractivity contribution in [2.75, 3.05) is 20.8 Å². The molecule has 0 aliphatic carbocycles. The van der Waals surface area contributed by atoms with Crippen LogP contribution in [0.3, 0.4) is 0 Å². The van der Waals surface area contributed by atoms with E-state index >= 15 is 0 Å². The largest absolute Gasteiger partial charge is 0.469 e. The lowest BCUT2D eigenvalue weighted by Gasteiger charge is -2.28. The van der Waals surface area contributed by atoms with Gasteiger partial charge in [0.15, 0.2) is 5.11 Å². The zero-order chi connectivity index (χ0) is 25.8. The number of aromatic nitrogens is 2. The Morgan fingerprint density at radius 2 is 1.89 bits per heavy atom. The van der Waals surface area contributed by atoms with Crippen molar-refractivity contribution in [3.8, 4) is 5.69 Å². The third-order valence-corrected chi connectivity index (χ3v) is 6.87. The molecule has 0 saturated carbocycles. The molecule has 36 heavy (non-hydrogen) atoms. The number of pyridine rings is 1. The predicted molar refractivity (Wildman–Crippen MR) is 140 cm³/mol. The number of methoxy groups -OCH3 is 2. The maximum Gasteiger partial charge on any atom is 0.337 e. The average molecular weight is 507 g/mol. The van der Waals surface area contributed by atoms with Crippen LogP contribution < -0.4 is 5.32 Å². The van der Waals surface area contributed by atoms with Crippen molar-refractivity contribution < 1.29 is 19.1 Å². The summed E-state index contributed by atoms with van der Waals surface area (Å²) in [6.45, 7) is 4.70. The van der Waals surface area contributed by atoms with Gasteiger partial charge < -0.3 is 24.3 Å². The summed E-state index contributed by atoms with van der Waals surface area (Å²) in [6, 6.07) is 15.1. The Kier molecular flexibility index (Phi) is 7.69. The second-order valence-electron chi connectivity index (χ2n) is 8.70. The highest BCUT2D eigenvalue weighted by atomic mass is 32.1. The van der Waals surface area contributed by atoms with E-state index in [4.69, 9.17) is 21.7 Å². The van der Waals surface area contributed by atoms with Crippen LogP contribution in [-0.2, 0) is 14.3 Å². The first-order chi connectivity index (χ1) is 17.3. The first kappa shape index (κ1) is 25.4. The van der Waals surface area contributed by atoms with E-state index in [9.17, 15) is 9.59 Å². The van der Waals surface area contributed by atoms with Crippen LogP contribution in [-0.4, -0.2) is 52.3 Å². The van der Waals surface area contributed by atoms with Gasteiger partial charge in [-0.1, -0.05) is 12.1 Å². The van der Waals surface area contributed by atoms with Gasteiger partial charge in [-0.3, -0.25) is 9.78 Å². The van der Waals surface area contributed by atoms with Crippen LogP contribution in [0.1, 0.15) is 57.9 Å². The monoisotopic (exact) mass is 506 g/mol. The van der Waals surface area contributed by atoms with Crippen molar-refractivity contribution in [3.05, 3.63) is 82.9 Å². The van der Waals surface area contributed by atoms with Crippen molar-refractivity contribution in [1.29, 1.82) is 0 Å². The van der Waals surface area contributed by atoms with Crippen molar-refractivity contribution in [3.63, 3.8) is 0 Å². The fourth-order valence-electron chi connectivity index (χ4n) is 4.85. The molecule has 188 valence electrons. The molecule has 1 saturated heterocycles. The van der Waals surface area contributed by atoms with E-state index in [0.717, 1.165) is 28.3 Å². The lowest BCUT2D eigenvalue weighted by molar-refractivity contribution is -0.140. The number of esters is 2. The number of thiocarbonyl (C=S) groups is 1. The molecule has 1 N–H and O–H groups in total. The highest BCUT2D eigenvalue weighted by Crippen LogP contribution is 2.41. The molecule has 4 rings (SSSR count). The molecule has 2 aromatic heterocycles.